The molecule has 3 rings (SSSR count). The normalized spacial score (nSPS) is 14.6. The lowest BCUT2D eigenvalue weighted by molar-refractivity contribution is 0.142. The number of halogens is 2. The van der Waals surface area contributed by atoms with Crippen LogP contribution in [0.1, 0.15) is 24.1 Å². The van der Waals surface area contributed by atoms with Gasteiger partial charge in [0.1, 0.15) is 5.82 Å². The molecule has 0 unspecified atom stereocenters. The number of piperidine rings is 1. The molecule has 6 heteroatoms. The first-order valence-corrected chi connectivity index (χ1v) is 7.63. The van der Waals surface area contributed by atoms with Gasteiger partial charge in [-0.05, 0) is 42.7 Å². The van der Waals surface area contributed by atoms with Gasteiger partial charge in [0.05, 0.1) is 5.69 Å². The van der Waals surface area contributed by atoms with E-state index in [4.69, 9.17) is 5.11 Å². The molecule has 1 aliphatic heterocycles. The molecule has 0 bridgehead atoms. The number of aromatic nitrogens is 1. The summed E-state index contributed by atoms with van der Waals surface area (Å²) in [7, 11) is 0. The quantitative estimate of drug-likeness (QED) is 0.849. The van der Waals surface area contributed by atoms with Gasteiger partial charge in [0.15, 0.2) is 0 Å². The Hall–Kier alpha value is -2.76. The van der Waals surface area contributed by atoms with Crippen LogP contribution in [0.25, 0.3) is 5.57 Å². The molecule has 0 radical (unpaired) electrons. The number of amides is 1. The molecular formula is C18H16F2N2O2. The largest absolute Gasteiger partial charge is 0.465 e. The Bertz CT molecular complexity index is 778. The number of hydrogen-bond donors (Lipinski definition) is 1. The first-order chi connectivity index (χ1) is 11.5. The van der Waals surface area contributed by atoms with Crippen LogP contribution in [0.15, 0.2) is 48.0 Å². The number of carbonyl (C=O) groups is 1. The van der Waals surface area contributed by atoms with E-state index in [9.17, 15) is 13.6 Å². The molecule has 0 spiro atoms. The predicted molar refractivity (Wildman–Crippen MR) is 85.4 cm³/mol. The minimum atomic E-state index is -0.943. The molecule has 1 aromatic carbocycles. The Balaban J connectivity index is 2.04. The van der Waals surface area contributed by atoms with Gasteiger partial charge < -0.3 is 10.0 Å². The lowest BCUT2D eigenvalue weighted by Gasteiger charge is -2.27. The van der Waals surface area contributed by atoms with Crippen LogP contribution in [-0.4, -0.2) is 34.2 Å². The highest BCUT2D eigenvalue weighted by Crippen LogP contribution is 2.31. The lowest BCUT2D eigenvalue weighted by atomic mass is 9.91. The summed E-state index contributed by atoms with van der Waals surface area (Å²) in [4.78, 5) is 16.4. The molecule has 1 aliphatic rings. The number of pyridine rings is 1. The summed E-state index contributed by atoms with van der Waals surface area (Å²) in [6.07, 6.45) is 0.135. The van der Waals surface area contributed by atoms with Crippen molar-refractivity contribution in [3.05, 3.63) is 71.1 Å². The highest BCUT2D eigenvalue weighted by molar-refractivity contribution is 5.80. The fourth-order valence-electron chi connectivity index (χ4n) is 2.92. The van der Waals surface area contributed by atoms with E-state index >= 15 is 0 Å². The van der Waals surface area contributed by atoms with Gasteiger partial charge in [-0.3, -0.25) is 0 Å². The molecule has 1 fully saturated rings. The summed E-state index contributed by atoms with van der Waals surface area (Å²) in [5.41, 5.74) is 2.96. The van der Waals surface area contributed by atoms with E-state index in [1.807, 2.05) is 0 Å². The number of likely N-dealkylation sites (tertiary alicyclic amines) is 1. The van der Waals surface area contributed by atoms with Crippen molar-refractivity contribution in [2.24, 2.45) is 0 Å². The van der Waals surface area contributed by atoms with E-state index in [-0.39, 0.29) is 5.82 Å². The van der Waals surface area contributed by atoms with Gasteiger partial charge >= 0.3 is 6.09 Å². The Kier molecular flexibility index (Phi) is 4.55. The van der Waals surface area contributed by atoms with E-state index < -0.39 is 12.0 Å². The monoisotopic (exact) mass is 330 g/mol. The maximum Gasteiger partial charge on any atom is 0.407 e. The zero-order valence-corrected chi connectivity index (χ0v) is 12.9. The van der Waals surface area contributed by atoms with Crippen molar-refractivity contribution in [1.82, 2.24) is 9.88 Å². The molecule has 2 heterocycles. The molecule has 1 N–H and O–H groups in total. The molecule has 1 aromatic heterocycles. The highest BCUT2D eigenvalue weighted by Gasteiger charge is 2.22. The molecule has 4 nitrogen and oxygen atoms in total. The van der Waals surface area contributed by atoms with Gasteiger partial charge in [-0.15, -0.1) is 0 Å². The van der Waals surface area contributed by atoms with Crippen LogP contribution in [0, 0.1) is 11.8 Å². The Morgan fingerprint density at radius 2 is 1.71 bits per heavy atom. The first-order valence-electron chi connectivity index (χ1n) is 7.63. The molecular weight excluding hydrogens is 314 g/mol. The standard InChI is InChI=1S/C18H16F2N2O2/c19-14-6-4-12(5-7-14)17(15-2-1-3-16(20)21-15)13-8-10-22(11-9-13)18(23)24/h1-7H,8-11H2,(H,23,24). The minimum absolute atomic E-state index is 0.351. The number of carboxylic acid groups (broad SMARTS) is 1. The fraction of sp³-hybridized carbons (Fsp3) is 0.222. The van der Waals surface area contributed by atoms with E-state index in [0.717, 1.165) is 16.7 Å². The van der Waals surface area contributed by atoms with Gasteiger partial charge in [-0.1, -0.05) is 23.8 Å². The van der Waals surface area contributed by atoms with Crippen LogP contribution in [-0.2, 0) is 0 Å². The van der Waals surface area contributed by atoms with E-state index in [0.29, 0.717) is 31.6 Å². The molecule has 1 amide bonds. The number of benzene rings is 1. The van der Waals surface area contributed by atoms with E-state index in [1.54, 1.807) is 24.3 Å². The van der Waals surface area contributed by atoms with Crippen molar-refractivity contribution in [2.75, 3.05) is 13.1 Å². The van der Waals surface area contributed by atoms with Crippen molar-refractivity contribution in [2.45, 2.75) is 12.8 Å². The summed E-state index contributed by atoms with van der Waals surface area (Å²) in [6, 6.07) is 10.5. The van der Waals surface area contributed by atoms with Gasteiger partial charge in [-0.2, -0.15) is 4.39 Å². The summed E-state index contributed by atoms with van der Waals surface area (Å²) >= 11 is 0. The van der Waals surface area contributed by atoms with Crippen LogP contribution in [0.5, 0.6) is 0 Å². The van der Waals surface area contributed by atoms with Crippen molar-refractivity contribution < 1.29 is 18.7 Å². The third-order valence-corrected chi connectivity index (χ3v) is 4.10. The van der Waals surface area contributed by atoms with E-state index in [1.165, 1.54) is 23.1 Å². The molecule has 2 aromatic rings. The average molecular weight is 330 g/mol. The van der Waals surface area contributed by atoms with Crippen LogP contribution >= 0.6 is 0 Å². The predicted octanol–water partition coefficient (Wildman–Crippen LogP) is 3.94. The summed E-state index contributed by atoms with van der Waals surface area (Å²) in [6.45, 7) is 0.759. The summed E-state index contributed by atoms with van der Waals surface area (Å²) in [5, 5.41) is 9.07. The smallest absolute Gasteiger partial charge is 0.407 e. The maximum atomic E-state index is 13.6. The lowest BCUT2D eigenvalue weighted by Crippen LogP contribution is -2.35. The van der Waals surface area contributed by atoms with E-state index in [2.05, 4.69) is 4.98 Å². The molecule has 0 saturated carbocycles. The van der Waals surface area contributed by atoms with Crippen molar-refractivity contribution in [3.8, 4) is 0 Å². The highest BCUT2D eigenvalue weighted by atomic mass is 19.1. The maximum absolute atomic E-state index is 13.6. The number of hydrogen-bond acceptors (Lipinski definition) is 2. The minimum Gasteiger partial charge on any atom is -0.465 e. The van der Waals surface area contributed by atoms with Gasteiger partial charge in [-0.25, -0.2) is 14.2 Å². The molecule has 124 valence electrons. The summed E-state index contributed by atoms with van der Waals surface area (Å²) in [5.74, 6) is -0.938. The second-order valence-electron chi connectivity index (χ2n) is 5.60. The third kappa shape index (κ3) is 3.42. The Morgan fingerprint density at radius 1 is 1.04 bits per heavy atom. The molecule has 1 saturated heterocycles. The van der Waals surface area contributed by atoms with Crippen molar-refractivity contribution >= 4 is 11.7 Å². The van der Waals surface area contributed by atoms with Crippen molar-refractivity contribution in [1.29, 1.82) is 0 Å². The van der Waals surface area contributed by atoms with Gasteiger partial charge in [0.25, 0.3) is 0 Å². The zero-order chi connectivity index (χ0) is 17.1. The van der Waals surface area contributed by atoms with Crippen LogP contribution in [0.2, 0.25) is 0 Å². The molecule has 0 aliphatic carbocycles. The van der Waals surface area contributed by atoms with Crippen LogP contribution in [0.3, 0.4) is 0 Å². The van der Waals surface area contributed by atoms with Crippen LogP contribution in [0.4, 0.5) is 13.6 Å². The zero-order valence-electron chi connectivity index (χ0n) is 12.9. The van der Waals surface area contributed by atoms with Gasteiger partial charge in [0, 0.05) is 18.7 Å². The second kappa shape index (κ2) is 6.78. The Morgan fingerprint density at radius 3 is 2.29 bits per heavy atom. The van der Waals surface area contributed by atoms with Crippen molar-refractivity contribution in [3.63, 3.8) is 0 Å². The fourth-order valence-corrected chi connectivity index (χ4v) is 2.92. The third-order valence-electron chi connectivity index (χ3n) is 4.10. The first kappa shape index (κ1) is 16.1. The number of nitrogens with zero attached hydrogens (tertiary/aromatic N) is 2. The molecule has 24 heavy (non-hydrogen) atoms. The molecule has 0 atom stereocenters. The SMILES string of the molecule is O=C(O)N1CCC(=C(c2ccc(F)cc2)c2cccc(F)n2)CC1. The summed E-state index contributed by atoms with van der Waals surface area (Å²) < 4.78 is 26.8. The Labute approximate surface area is 138 Å². The van der Waals surface area contributed by atoms with Crippen LogP contribution < -0.4 is 0 Å². The average Bonchev–Trinajstić information content (AvgIpc) is 2.57. The second-order valence-corrected chi connectivity index (χ2v) is 5.60. The van der Waals surface area contributed by atoms with Gasteiger partial charge in [0.2, 0.25) is 5.95 Å². The number of rotatable bonds is 2. The topological polar surface area (TPSA) is 53.4 Å².